The Bertz CT molecular complexity index is 590. The van der Waals surface area contributed by atoms with E-state index < -0.39 is 10.0 Å². The molecule has 1 heterocycles. The Morgan fingerprint density at radius 2 is 2.20 bits per heavy atom. The first-order valence-corrected chi connectivity index (χ1v) is 8.61. The fourth-order valence-corrected chi connectivity index (χ4v) is 4.94. The monoisotopic (exact) mass is 363 g/mol. The number of sulfonamides is 1. The molecule has 1 aliphatic rings. The molecule has 1 aromatic carbocycles. The molecule has 2 rings (SSSR count). The fraction of sp³-hybridized carbons (Fsp3) is 0.538. The van der Waals surface area contributed by atoms with E-state index in [2.05, 4.69) is 15.9 Å². The molecule has 0 bridgehead atoms. The molecule has 0 aliphatic carbocycles. The van der Waals surface area contributed by atoms with Crippen molar-refractivity contribution in [3.05, 3.63) is 22.7 Å². The maximum atomic E-state index is 12.8. The summed E-state index contributed by atoms with van der Waals surface area (Å²) < 4.78 is 32.8. The lowest BCUT2D eigenvalue weighted by Gasteiger charge is -2.25. The van der Waals surface area contributed by atoms with E-state index in [1.165, 1.54) is 17.5 Å². The number of aliphatic hydroxyl groups is 1. The second-order valence-electron chi connectivity index (χ2n) is 4.93. The van der Waals surface area contributed by atoms with Gasteiger partial charge in [-0.3, -0.25) is 0 Å². The lowest BCUT2D eigenvalue weighted by molar-refractivity contribution is 0.191. The Morgan fingerprint density at radius 1 is 1.50 bits per heavy atom. The summed E-state index contributed by atoms with van der Waals surface area (Å²) in [5.74, 6) is 0.456. The molecule has 7 heteroatoms. The first kappa shape index (κ1) is 15.8. The standard InChI is InChI=1S/C13H18BrNO4S/c1-9-5-6-15(11(9)8-16)20(17,18)13-7-10(14)3-4-12(13)19-2/h3-4,7,9,11,16H,5-6,8H2,1-2H3. The lowest BCUT2D eigenvalue weighted by Crippen LogP contribution is -2.39. The van der Waals surface area contributed by atoms with Gasteiger partial charge in [0.05, 0.1) is 19.8 Å². The number of ether oxygens (including phenoxy) is 1. The van der Waals surface area contributed by atoms with Crippen LogP contribution in [0.1, 0.15) is 13.3 Å². The van der Waals surface area contributed by atoms with Crippen LogP contribution in [0.25, 0.3) is 0 Å². The molecule has 112 valence electrons. The number of nitrogens with zero attached hydrogens (tertiary/aromatic N) is 1. The Kier molecular flexibility index (Phi) is 4.73. The molecular weight excluding hydrogens is 346 g/mol. The molecule has 0 aromatic heterocycles. The molecule has 1 aliphatic heterocycles. The van der Waals surface area contributed by atoms with Crippen molar-refractivity contribution in [2.75, 3.05) is 20.3 Å². The highest BCUT2D eigenvalue weighted by Crippen LogP contribution is 2.35. The first-order valence-electron chi connectivity index (χ1n) is 6.38. The molecule has 0 radical (unpaired) electrons. The summed E-state index contributed by atoms with van der Waals surface area (Å²) >= 11 is 3.28. The van der Waals surface area contributed by atoms with Crippen molar-refractivity contribution in [1.82, 2.24) is 4.31 Å². The van der Waals surface area contributed by atoms with Crippen LogP contribution in [0.2, 0.25) is 0 Å². The average molecular weight is 364 g/mol. The van der Waals surface area contributed by atoms with Crippen molar-refractivity contribution in [2.45, 2.75) is 24.3 Å². The molecule has 2 atom stereocenters. The van der Waals surface area contributed by atoms with Crippen molar-refractivity contribution in [1.29, 1.82) is 0 Å². The average Bonchev–Trinajstić information content (AvgIpc) is 2.80. The highest BCUT2D eigenvalue weighted by Gasteiger charge is 2.40. The van der Waals surface area contributed by atoms with Gasteiger partial charge >= 0.3 is 0 Å². The molecule has 0 spiro atoms. The fourth-order valence-electron chi connectivity index (χ4n) is 2.52. The molecular formula is C13H18BrNO4S. The van der Waals surface area contributed by atoms with Crippen LogP contribution in [0, 0.1) is 5.92 Å². The van der Waals surface area contributed by atoms with Gasteiger partial charge in [0, 0.05) is 11.0 Å². The van der Waals surface area contributed by atoms with E-state index in [4.69, 9.17) is 4.74 Å². The Morgan fingerprint density at radius 3 is 2.80 bits per heavy atom. The molecule has 0 amide bonds. The van der Waals surface area contributed by atoms with Crippen molar-refractivity contribution in [3.63, 3.8) is 0 Å². The number of aliphatic hydroxyl groups excluding tert-OH is 1. The van der Waals surface area contributed by atoms with Crippen molar-refractivity contribution in [2.24, 2.45) is 5.92 Å². The van der Waals surface area contributed by atoms with Gasteiger partial charge in [0.25, 0.3) is 0 Å². The minimum absolute atomic E-state index is 0.127. The second-order valence-corrected chi connectivity index (χ2v) is 7.70. The van der Waals surface area contributed by atoms with Gasteiger partial charge in [-0.15, -0.1) is 0 Å². The van der Waals surface area contributed by atoms with Gasteiger partial charge in [-0.25, -0.2) is 8.42 Å². The molecule has 1 aromatic rings. The maximum absolute atomic E-state index is 12.8. The number of hydrogen-bond donors (Lipinski definition) is 1. The Balaban J connectivity index is 2.48. The third kappa shape index (κ3) is 2.72. The first-order chi connectivity index (χ1) is 9.41. The molecule has 0 saturated carbocycles. The van der Waals surface area contributed by atoms with Gasteiger partial charge < -0.3 is 9.84 Å². The predicted molar refractivity (Wildman–Crippen MR) is 79.2 cm³/mol. The van der Waals surface area contributed by atoms with Crippen LogP contribution >= 0.6 is 15.9 Å². The minimum atomic E-state index is -3.68. The van der Waals surface area contributed by atoms with Crippen LogP contribution in [0.3, 0.4) is 0 Å². The van der Waals surface area contributed by atoms with E-state index in [1.54, 1.807) is 12.1 Å². The molecule has 1 saturated heterocycles. The van der Waals surface area contributed by atoms with Crippen LogP contribution in [0.4, 0.5) is 0 Å². The minimum Gasteiger partial charge on any atom is -0.495 e. The van der Waals surface area contributed by atoms with Crippen LogP contribution < -0.4 is 4.74 Å². The van der Waals surface area contributed by atoms with Gasteiger partial charge in [0.2, 0.25) is 10.0 Å². The molecule has 5 nitrogen and oxygen atoms in total. The van der Waals surface area contributed by atoms with E-state index in [9.17, 15) is 13.5 Å². The van der Waals surface area contributed by atoms with Crippen molar-refractivity contribution < 1.29 is 18.3 Å². The van der Waals surface area contributed by atoms with Crippen molar-refractivity contribution >= 4 is 26.0 Å². The van der Waals surface area contributed by atoms with E-state index in [0.29, 0.717) is 16.8 Å². The summed E-state index contributed by atoms with van der Waals surface area (Å²) in [5.41, 5.74) is 0. The number of benzene rings is 1. The number of rotatable bonds is 4. The number of methoxy groups -OCH3 is 1. The third-order valence-electron chi connectivity index (χ3n) is 3.73. The highest BCUT2D eigenvalue weighted by molar-refractivity contribution is 9.10. The lowest BCUT2D eigenvalue weighted by atomic mass is 10.0. The number of hydrogen-bond acceptors (Lipinski definition) is 4. The zero-order valence-corrected chi connectivity index (χ0v) is 13.8. The van der Waals surface area contributed by atoms with Crippen LogP contribution in [-0.4, -0.2) is 44.1 Å². The van der Waals surface area contributed by atoms with E-state index in [1.807, 2.05) is 6.92 Å². The zero-order chi connectivity index (χ0) is 14.9. The summed E-state index contributed by atoms with van der Waals surface area (Å²) in [4.78, 5) is 0.127. The van der Waals surface area contributed by atoms with Gasteiger partial charge in [-0.05, 0) is 30.5 Å². The maximum Gasteiger partial charge on any atom is 0.247 e. The van der Waals surface area contributed by atoms with Crippen LogP contribution in [0.15, 0.2) is 27.6 Å². The smallest absolute Gasteiger partial charge is 0.247 e. The van der Waals surface area contributed by atoms with Crippen molar-refractivity contribution in [3.8, 4) is 5.75 Å². The van der Waals surface area contributed by atoms with Gasteiger partial charge in [0.15, 0.2) is 0 Å². The molecule has 1 fully saturated rings. The highest BCUT2D eigenvalue weighted by atomic mass is 79.9. The SMILES string of the molecule is COc1ccc(Br)cc1S(=O)(=O)N1CCC(C)C1CO. The summed E-state index contributed by atoms with van der Waals surface area (Å²) in [5, 5.41) is 9.45. The van der Waals surface area contributed by atoms with E-state index in [-0.39, 0.29) is 23.5 Å². The molecule has 2 unspecified atom stereocenters. The normalized spacial score (nSPS) is 24.0. The summed E-state index contributed by atoms with van der Waals surface area (Å²) in [6.45, 7) is 2.20. The van der Waals surface area contributed by atoms with Crippen LogP contribution in [-0.2, 0) is 10.0 Å². The van der Waals surface area contributed by atoms with E-state index >= 15 is 0 Å². The largest absolute Gasteiger partial charge is 0.495 e. The topological polar surface area (TPSA) is 66.8 Å². The Hall–Kier alpha value is -0.630. The van der Waals surface area contributed by atoms with Gasteiger partial charge in [0.1, 0.15) is 10.6 Å². The van der Waals surface area contributed by atoms with Crippen LogP contribution in [0.5, 0.6) is 5.75 Å². The Labute approximate surface area is 127 Å². The van der Waals surface area contributed by atoms with Gasteiger partial charge in [-0.1, -0.05) is 22.9 Å². The summed E-state index contributed by atoms with van der Waals surface area (Å²) in [6.07, 6.45) is 0.751. The summed E-state index contributed by atoms with van der Waals surface area (Å²) in [6, 6.07) is 4.51. The quantitative estimate of drug-likeness (QED) is 0.886. The molecule has 20 heavy (non-hydrogen) atoms. The van der Waals surface area contributed by atoms with E-state index in [0.717, 1.165) is 6.42 Å². The predicted octanol–water partition coefficient (Wildman–Crippen LogP) is 1.85. The second kappa shape index (κ2) is 6.01. The third-order valence-corrected chi connectivity index (χ3v) is 6.17. The molecule has 1 N–H and O–H groups in total. The van der Waals surface area contributed by atoms with Gasteiger partial charge in [-0.2, -0.15) is 4.31 Å². The summed E-state index contributed by atoms with van der Waals surface area (Å²) in [7, 11) is -2.24. The zero-order valence-electron chi connectivity index (χ0n) is 11.4. The number of halogens is 1.